The van der Waals surface area contributed by atoms with Gasteiger partial charge < -0.3 is 14.8 Å². The monoisotopic (exact) mass is 223 g/mol. The number of ether oxygens (including phenoxy) is 2. The summed E-state index contributed by atoms with van der Waals surface area (Å²) in [6.07, 6.45) is 2.81. The van der Waals surface area contributed by atoms with Crippen molar-refractivity contribution in [2.45, 2.75) is 13.3 Å². The van der Waals surface area contributed by atoms with E-state index in [1.807, 2.05) is 6.92 Å². The Morgan fingerprint density at radius 1 is 1.50 bits per heavy atom. The molecule has 5 nitrogen and oxygen atoms in total. The van der Waals surface area contributed by atoms with Gasteiger partial charge in [-0.15, -0.1) is 0 Å². The Hall–Kier alpha value is -1.36. The van der Waals surface area contributed by atoms with Crippen LogP contribution in [0.25, 0.3) is 0 Å². The number of nitrogens with zero attached hydrogens (tertiary/aromatic N) is 2. The maximum Gasteiger partial charge on any atom is 0.319 e. The van der Waals surface area contributed by atoms with Crippen LogP contribution in [0.3, 0.4) is 0 Å². The Bertz CT molecular complexity index is 327. The van der Waals surface area contributed by atoms with Crippen LogP contribution in [0.1, 0.15) is 13.3 Å². The molecule has 2 heterocycles. The van der Waals surface area contributed by atoms with Gasteiger partial charge in [0.25, 0.3) is 0 Å². The van der Waals surface area contributed by atoms with Crippen molar-refractivity contribution < 1.29 is 9.47 Å². The number of aromatic nitrogens is 2. The van der Waals surface area contributed by atoms with Crippen molar-refractivity contribution in [1.29, 1.82) is 0 Å². The van der Waals surface area contributed by atoms with Gasteiger partial charge in [-0.25, -0.2) is 4.98 Å². The lowest BCUT2D eigenvalue weighted by Crippen LogP contribution is -2.16. The highest BCUT2D eigenvalue weighted by molar-refractivity contribution is 5.10. The molecule has 5 heteroatoms. The fraction of sp³-hybridized carbons (Fsp3) is 0.636. The molecule has 1 fully saturated rings. The van der Waals surface area contributed by atoms with Gasteiger partial charge in [0.15, 0.2) is 0 Å². The summed E-state index contributed by atoms with van der Waals surface area (Å²) < 4.78 is 10.8. The average Bonchev–Trinajstić information content (AvgIpc) is 2.80. The molecule has 1 aromatic rings. The van der Waals surface area contributed by atoms with Crippen LogP contribution in [0, 0.1) is 5.92 Å². The van der Waals surface area contributed by atoms with E-state index in [0.29, 0.717) is 31.0 Å². The van der Waals surface area contributed by atoms with Crippen molar-refractivity contribution in [2.24, 2.45) is 5.92 Å². The van der Waals surface area contributed by atoms with E-state index >= 15 is 0 Å². The molecule has 0 saturated carbocycles. The topological polar surface area (TPSA) is 56.3 Å². The second-order valence-corrected chi connectivity index (χ2v) is 3.78. The number of nitrogens with one attached hydrogen (secondary N) is 1. The van der Waals surface area contributed by atoms with E-state index in [9.17, 15) is 0 Å². The first-order valence-corrected chi connectivity index (χ1v) is 5.68. The lowest BCUT2D eigenvalue weighted by molar-refractivity contribution is 0.235. The van der Waals surface area contributed by atoms with E-state index in [1.165, 1.54) is 0 Å². The second-order valence-electron chi connectivity index (χ2n) is 3.78. The Morgan fingerprint density at radius 2 is 2.44 bits per heavy atom. The van der Waals surface area contributed by atoms with E-state index in [4.69, 9.17) is 9.47 Å². The van der Waals surface area contributed by atoms with Gasteiger partial charge in [0.05, 0.1) is 13.2 Å². The molecular weight excluding hydrogens is 206 g/mol. The summed E-state index contributed by atoms with van der Waals surface area (Å²) in [6, 6.07) is 2.13. The predicted octanol–water partition coefficient (Wildman–Crippen LogP) is 0.864. The van der Waals surface area contributed by atoms with Gasteiger partial charge in [-0.1, -0.05) is 0 Å². The summed E-state index contributed by atoms with van der Waals surface area (Å²) in [7, 11) is 0. The van der Waals surface area contributed by atoms with Gasteiger partial charge in [-0.2, -0.15) is 4.98 Å². The molecule has 1 aromatic heterocycles. The Balaban J connectivity index is 1.85. The van der Waals surface area contributed by atoms with Gasteiger partial charge in [0, 0.05) is 24.7 Å². The van der Waals surface area contributed by atoms with E-state index < -0.39 is 0 Å². The zero-order chi connectivity index (χ0) is 11.2. The molecule has 1 aliphatic heterocycles. The minimum Gasteiger partial charge on any atom is -0.478 e. The molecule has 0 spiro atoms. The summed E-state index contributed by atoms with van der Waals surface area (Å²) in [5.41, 5.74) is 0. The number of hydrogen-bond acceptors (Lipinski definition) is 5. The first-order valence-electron chi connectivity index (χ1n) is 5.68. The maximum absolute atomic E-state index is 5.53. The molecule has 1 atom stereocenters. The number of hydrogen-bond donors (Lipinski definition) is 1. The van der Waals surface area contributed by atoms with E-state index in [2.05, 4.69) is 15.3 Å². The summed E-state index contributed by atoms with van der Waals surface area (Å²) in [5, 5.41) is 3.29. The zero-order valence-corrected chi connectivity index (χ0v) is 9.48. The Kier molecular flexibility index (Phi) is 3.93. The van der Waals surface area contributed by atoms with E-state index in [-0.39, 0.29) is 0 Å². The Labute approximate surface area is 95.2 Å². The van der Waals surface area contributed by atoms with Gasteiger partial charge in [-0.05, 0) is 19.9 Å². The smallest absolute Gasteiger partial charge is 0.319 e. The molecule has 0 aromatic carbocycles. The van der Waals surface area contributed by atoms with Crippen LogP contribution in [0.4, 0.5) is 0 Å². The van der Waals surface area contributed by atoms with Gasteiger partial charge in [-0.3, -0.25) is 0 Å². The minimum absolute atomic E-state index is 0.401. The summed E-state index contributed by atoms with van der Waals surface area (Å²) in [5.74, 6) is 1.14. The van der Waals surface area contributed by atoms with Crippen molar-refractivity contribution in [1.82, 2.24) is 15.3 Å². The summed E-state index contributed by atoms with van der Waals surface area (Å²) >= 11 is 0. The van der Waals surface area contributed by atoms with Gasteiger partial charge in [0.1, 0.15) is 0 Å². The minimum atomic E-state index is 0.401. The summed E-state index contributed by atoms with van der Waals surface area (Å²) in [4.78, 5) is 8.20. The first-order chi connectivity index (χ1) is 7.88. The van der Waals surface area contributed by atoms with Crippen LogP contribution in [0.15, 0.2) is 12.3 Å². The molecule has 1 saturated heterocycles. The zero-order valence-electron chi connectivity index (χ0n) is 9.48. The molecule has 1 N–H and O–H groups in total. The van der Waals surface area contributed by atoms with Crippen LogP contribution in [-0.2, 0) is 0 Å². The molecule has 0 aliphatic carbocycles. The van der Waals surface area contributed by atoms with E-state index in [1.54, 1.807) is 12.3 Å². The maximum atomic E-state index is 5.53. The highest BCUT2D eigenvalue weighted by Crippen LogP contribution is 2.13. The van der Waals surface area contributed by atoms with E-state index in [0.717, 1.165) is 19.5 Å². The highest BCUT2D eigenvalue weighted by Gasteiger charge is 2.15. The molecule has 1 unspecified atom stereocenters. The third kappa shape index (κ3) is 3.06. The average molecular weight is 223 g/mol. The number of rotatable bonds is 5. The Morgan fingerprint density at radius 3 is 3.19 bits per heavy atom. The van der Waals surface area contributed by atoms with Crippen molar-refractivity contribution in [2.75, 3.05) is 26.3 Å². The van der Waals surface area contributed by atoms with Crippen LogP contribution in [0.2, 0.25) is 0 Å². The predicted molar refractivity (Wildman–Crippen MR) is 59.7 cm³/mol. The molecule has 0 bridgehead atoms. The molecule has 0 amide bonds. The quantitative estimate of drug-likeness (QED) is 0.802. The SMILES string of the molecule is CCOc1ccnc(OCC2CCNC2)n1. The third-order valence-electron chi connectivity index (χ3n) is 2.51. The van der Waals surface area contributed by atoms with Crippen LogP contribution >= 0.6 is 0 Å². The molecular formula is C11H17N3O2. The van der Waals surface area contributed by atoms with Crippen LogP contribution < -0.4 is 14.8 Å². The lowest BCUT2D eigenvalue weighted by Gasteiger charge is -2.09. The third-order valence-corrected chi connectivity index (χ3v) is 2.51. The summed E-state index contributed by atoms with van der Waals surface area (Å²) in [6.45, 7) is 5.29. The van der Waals surface area contributed by atoms with Crippen molar-refractivity contribution in [3.63, 3.8) is 0 Å². The van der Waals surface area contributed by atoms with Crippen molar-refractivity contribution in [3.8, 4) is 11.9 Å². The normalized spacial score (nSPS) is 19.7. The molecule has 0 radical (unpaired) electrons. The molecule has 1 aliphatic rings. The highest BCUT2D eigenvalue weighted by atomic mass is 16.5. The van der Waals surface area contributed by atoms with Crippen LogP contribution in [-0.4, -0.2) is 36.3 Å². The fourth-order valence-corrected chi connectivity index (χ4v) is 1.67. The standard InChI is InChI=1S/C11H17N3O2/c1-2-15-10-4-6-13-11(14-10)16-8-9-3-5-12-7-9/h4,6,9,12H,2-3,5,7-8H2,1H3. The van der Waals surface area contributed by atoms with Gasteiger partial charge >= 0.3 is 6.01 Å². The van der Waals surface area contributed by atoms with Crippen LogP contribution in [0.5, 0.6) is 11.9 Å². The molecule has 88 valence electrons. The fourth-order valence-electron chi connectivity index (χ4n) is 1.67. The molecule has 2 rings (SSSR count). The molecule has 16 heavy (non-hydrogen) atoms. The van der Waals surface area contributed by atoms with Crippen molar-refractivity contribution >= 4 is 0 Å². The van der Waals surface area contributed by atoms with Crippen molar-refractivity contribution in [3.05, 3.63) is 12.3 Å². The lowest BCUT2D eigenvalue weighted by atomic mass is 10.1. The van der Waals surface area contributed by atoms with Gasteiger partial charge in [0.2, 0.25) is 5.88 Å². The largest absolute Gasteiger partial charge is 0.478 e. The second kappa shape index (κ2) is 5.65. The first kappa shape index (κ1) is 11.1.